The average molecular weight is 261 g/mol. The van der Waals surface area contributed by atoms with Gasteiger partial charge in [-0.25, -0.2) is 0 Å². The molecule has 106 valence electrons. The second-order valence-electron chi connectivity index (χ2n) is 6.27. The van der Waals surface area contributed by atoms with Gasteiger partial charge in [-0.15, -0.1) is 0 Å². The molecular weight excluding hydrogens is 234 g/mol. The highest BCUT2D eigenvalue weighted by Crippen LogP contribution is 2.40. The molecule has 2 rings (SSSR count). The van der Waals surface area contributed by atoms with Gasteiger partial charge >= 0.3 is 0 Å². The van der Waals surface area contributed by atoms with E-state index in [0.29, 0.717) is 6.04 Å². The molecule has 2 heteroatoms. The number of hydrogen-bond acceptors (Lipinski definition) is 2. The van der Waals surface area contributed by atoms with Gasteiger partial charge in [-0.1, -0.05) is 31.5 Å². The first-order chi connectivity index (χ1) is 9.01. The summed E-state index contributed by atoms with van der Waals surface area (Å²) in [6.45, 7) is 9.70. The molecule has 19 heavy (non-hydrogen) atoms. The van der Waals surface area contributed by atoms with Gasteiger partial charge < -0.3 is 10.1 Å². The quantitative estimate of drug-likeness (QED) is 0.836. The topological polar surface area (TPSA) is 21.3 Å². The number of rotatable bonds is 6. The van der Waals surface area contributed by atoms with Crippen LogP contribution in [0.2, 0.25) is 0 Å². The van der Waals surface area contributed by atoms with Gasteiger partial charge in [-0.2, -0.15) is 0 Å². The van der Waals surface area contributed by atoms with Crippen molar-refractivity contribution in [2.45, 2.75) is 65.0 Å². The third-order valence-electron chi connectivity index (χ3n) is 4.05. The zero-order valence-corrected chi connectivity index (χ0v) is 12.8. The van der Waals surface area contributed by atoms with Crippen molar-refractivity contribution >= 4 is 0 Å². The van der Waals surface area contributed by atoms with Crippen LogP contribution in [-0.4, -0.2) is 18.2 Å². The molecule has 1 aromatic rings. The van der Waals surface area contributed by atoms with Crippen LogP contribution in [0.1, 0.15) is 50.7 Å². The summed E-state index contributed by atoms with van der Waals surface area (Å²) in [6.07, 6.45) is 4.80. The van der Waals surface area contributed by atoms with E-state index in [1.807, 2.05) is 0 Å². The monoisotopic (exact) mass is 261 g/mol. The molecule has 0 radical (unpaired) electrons. The van der Waals surface area contributed by atoms with Gasteiger partial charge in [0.1, 0.15) is 11.4 Å². The first-order valence-electron chi connectivity index (χ1n) is 7.50. The summed E-state index contributed by atoms with van der Waals surface area (Å²) >= 11 is 0. The molecule has 2 nitrogen and oxygen atoms in total. The van der Waals surface area contributed by atoms with Crippen molar-refractivity contribution in [1.82, 2.24) is 5.32 Å². The van der Waals surface area contributed by atoms with E-state index in [1.54, 1.807) is 0 Å². The van der Waals surface area contributed by atoms with E-state index in [0.717, 1.165) is 18.7 Å². The molecule has 1 aliphatic rings. The molecule has 1 saturated carbocycles. The molecule has 0 aromatic heterocycles. The van der Waals surface area contributed by atoms with Crippen LogP contribution in [0.15, 0.2) is 18.2 Å². The van der Waals surface area contributed by atoms with E-state index in [1.165, 1.54) is 30.4 Å². The van der Waals surface area contributed by atoms with Gasteiger partial charge in [0.2, 0.25) is 0 Å². The summed E-state index contributed by atoms with van der Waals surface area (Å²) in [5.41, 5.74) is 2.64. The lowest BCUT2D eigenvalue weighted by atomic mass is 9.77. The van der Waals surface area contributed by atoms with E-state index in [4.69, 9.17) is 4.74 Å². The standard InChI is InChI=1S/C17H27NO/c1-13(2)18-11-10-17(8-5-9-17)19-16-7-6-14(3)12-15(16)4/h6-7,12-13,18H,5,8-11H2,1-4H3. The Bertz CT molecular complexity index is 421. The Kier molecular flexibility index (Phi) is 4.51. The van der Waals surface area contributed by atoms with Crippen LogP contribution in [0.5, 0.6) is 5.75 Å². The average Bonchev–Trinajstić information content (AvgIpc) is 2.28. The Hall–Kier alpha value is -1.02. The summed E-state index contributed by atoms with van der Waals surface area (Å²) in [6, 6.07) is 7.02. The maximum Gasteiger partial charge on any atom is 0.123 e. The molecule has 1 aliphatic carbocycles. The predicted molar refractivity (Wildman–Crippen MR) is 80.9 cm³/mol. The highest BCUT2D eigenvalue weighted by molar-refractivity contribution is 5.36. The van der Waals surface area contributed by atoms with Gasteiger partial charge in [0.15, 0.2) is 0 Å². The molecule has 0 atom stereocenters. The van der Waals surface area contributed by atoms with E-state index in [-0.39, 0.29) is 5.60 Å². The lowest BCUT2D eigenvalue weighted by Gasteiger charge is -2.42. The van der Waals surface area contributed by atoms with Crippen molar-refractivity contribution in [3.05, 3.63) is 29.3 Å². The molecule has 0 heterocycles. The summed E-state index contributed by atoms with van der Waals surface area (Å²) in [7, 11) is 0. The fourth-order valence-electron chi connectivity index (χ4n) is 2.71. The zero-order valence-electron chi connectivity index (χ0n) is 12.8. The smallest absolute Gasteiger partial charge is 0.123 e. The van der Waals surface area contributed by atoms with Crippen molar-refractivity contribution in [1.29, 1.82) is 0 Å². The van der Waals surface area contributed by atoms with Crippen LogP contribution in [-0.2, 0) is 0 Å². The first kappa shape index (κ1) is 14.4. The highest BCUT2D eigenvalue weighted by atomic mass is 16.5. The Balaban J connectivity index is 1.98. The Morgan fingerprint density at radius 1 is 1.26 bits per heavy atom. The molecule has 0 saturated heterocycles. The van der Waals surface area contributed by atoms with Crippen LogP contribution >= 0.6 is 0 Å². The van der Waals surface area contributed by atoms with Crippen molar-refractivity contribution in [3.8, 4) is 5.75 Å². The third-order valence-corrected chi connectivity index (χ3v) is 4.05. The van der Waals surface area contributed by atoms with Crippen LogP contribution in [0, 0.1) is 13.8 Å². The molecule has 1 N–H and O–H groups in total. The minimum Gasteiger partial charge on any atom is -0.487 e. The van der Waals surface area contributed by atoms with E-state index < -0.39 is 0 Å². The lowest BCUT2D eigenvalue weighted by molar-refractivity contribution is -0.0150. The number of ether oxygens (including phenoxy) is 1. The van der Waals surface area contributed by atoms with Crippen molar-refractivity contribution in [2.75, 3.05) is 6.54 Å². The Morgan fingerprint density at radius 3 is 2.53 bits per heavy atom. The maximum atomic E-state index is 6.37. The van der Waals surface area contributed by atoms with Crippen LogP contribution in [0.3, 0.4) is 0 Å². The Morgan fingerprint density at radius 2 is 2.00 bits per heavy atom. The molecular formula is C17H27NO. The molecule has 0 aliphatic heterocycles. The fraction of sp³-hybridized carbons (Fsp3) is 0.647. The first-order valence-corrected chi connectivity index (χ1v) is 7.50. The second kappa shape index (κ2) is 5.96. The van der Waals surface area contributed by atoms with Gasteiger partial charge in [0.05, 0.1) is 0 Å². The molecule has 0 spiro atoms. The van der Waals surface area contributed by atoms with Crippen molar-refractivity contribution < 1.29 is 4.74 Å². The SMILES string of the molecule is Cc1ccc(OC2(CCNC(C)C)CCC2)c(C)c1. The van der Waals surface area contributed by atoms with Gasteiger partial charge in [0.25, 0.3) is 0 Å². The number of hydrogen-bond donors (Lipinski definition) is 1. The van der Waals surface area contributed by atoms with Crippen LogP contribution in [0.4, 0.5) is 0 Å². The third kappa shape index (κ3) is 3.73. The number of benzene rings is 1. The zero-order chi connectivity index (χ0) is 13.9. The molecule has 0 amide bonds. The maximum absolute atomic E-state index is 6.37. The van der Waals surface area contributed by atoms with Gasteiger partial charge in [-0.3, -0.25) is 0 Å². The second-order valence-corrected chi connectivity index (χ2v) is 6.27. The van der Waals surface area contributed by atoms with Gasteiger partial charge in [-0.05, 0) is 57.7 Å². The minimum atomic E-state index is 0.0852. The fourth-order valence-corrected chi connectivity index (χ4v) is 2.71. The summed E-state index contributed by atoms with van der Waals surface area (Å²) < 4.78 is 6.37. The number of nitrogens with one attached hydrogen (secondary N) is 1. The largest absolute Gasteiger partial charge is 0.487 e. The predicted octanol–water partition coefficient (Wildman–Crippen LogP) is 3.99. The summed E-state index contributed by atoms with van der Waals surface area (Å²) in [5, 5.41) is 3.50. The van der Waals surface area contributed by atoms with E-state index in [9.17, 15) is 0 Å². The molecule has 1 fully saturated rings. The van der Waals surface area contributed by atoms with E-state index in [2.05, 4.69) is 51.2 Å². The van der Waals surface area contributed by atoms with Crippen LogP contribution in [0.25, 0.3) is 0 Å². The lowest BCUT2D eigenvalue weighted by Crippen LogP contribution is -2.46. The molecule has 0 unspecified atom stereocenters. The minimum absolute atomic E-state index is 0.0852. The summed E-state index contributed by atoms with van der Waals surface area (Å²) in [4.78, 5) is 0. The van der Waals surface area contributed by atoms with Crippen molar-refractivity contribution in [2.24, 2.45) is 0 Å². The van der Waals surface area contributed by atoms with Crippen LogP contribution < -0.4 is 10.1 Å². The van der Waals surface area contributed by atoms with Gasteiger partial charge in [0, 0.05) is 6.04 Å². The van der Waals surface area contributed by atoms with E-state index >= 15 is 0 Å². The van der Waals surface area contributed by atoms with Crippen molar-refractivity contribution in [3.63, 3.8) is 0 Å². The Labute approximate surface area is 117 Å². The number of aryl methyl sites for hydroxylation is 2. The molecule has 1 aromatic carbocycles. The summed E-state index contributed by atoms with van der Waals surface area (Å²) in [5.74, 6) is 1.06. The highest BCUT2D eigenvalue weighted by Gasteiger charge is 2.39. The molecule has 0 bridgehead atoms. The normalized spacial score (nSPS) is 17.3.